The zero-order valence-electron chi connectivity index (χ0n) is 14.6. The number of aryl methyl sites for hydroxylation is 1. The Hall–Kier alpha value is -0.110. The van der Waals surface area contributed by atoms with Crippen LogP contribution in [0.3, 0.4) is 0 Å². The molecule has 0 heterocycles. The molecule has 0 aromatic heterocycles. The molecule has 0 fully saturated rings. The standard InChI is InChI=1S/C18H30O5S.Na.H/c1-2-3-4-5-6-7-8-17-9-11-18(12-10-17)23-14-13-22-15-16-24(19,20)21;;/h9-12H,2-8,13-16H2,1H3,(H,19,20,21);;. The van der Waals surface area contributed by atoms with Crippen molar-refractivity contribution >= 4 is 39.7 Å². The molecule has 1 aromatic carbocycles. The van der Waals surface area contributed by atoms with Crippen molar-refractivity contribution in [3.63, 3.8) is 0 Å². The Morgan fingerprint density at radius 3 is 2.20 bits per heavy atom. The molecular weight excluding hydrogens is 351 g/mol. The van der Waals surface area contributed by atoms with E-state index in [4.69, 9.17) is 14.0 Å². The third-order valence-corrected chi connectivity index (χ3v) is 4.41. The molecule has 25 heavy (non-hydrogen) atoms. The van der Waals surface area contributed by atoms with Gasteiger partial charge in [0.15, 0.2) is 0 Å². The second-order valence-electron chi connectivity index (χ2n) is 5.91. The Labute approximate surface area is 174 Å². The first-order chi connectivity index (χ1) is 11.5. The SMILES string of the molecule is CCCCCCCCc1ccc(OCCOCCS(=O)(=O)O)cc1.[NaH]. The summed E-state index contributed by atoms with van der Waals surface area (Å²) >= 11 is 0. The van der Waals surface area contributed by atoms with Crippen molar-refractivity contribution in [1.82, 2.24) is 0 Å². The molecule has 1 aromatic rings. The summed E-state index contributed by atoms with van der Waals surface area (Å²) in [4.78, 5) is 0. The molecule has 140 valence electrons. The molecule has 0 saturated carbocycles. The summed E-state index contributed by atoms with van der Waals surface area (Å²) in [5, 5.41) is 0. The van der Waals surface area contributed by atoms with Crippen molar-refractivity contribution in [3.8, 4) is 5.75 Å². The second kappa shape index (κ2) is 15.0. The minimum absolute atomic E-state index is 0. The van der Waals surface area contributed by atoms with E-state index in [1.165, 1.54) is 44.1 Å². The molecule has 0 unspecified atom stereocenters. The molecule has 0 aliphatic carbocycles. The van der Waals surface area contributed by atoms with Gasteiger partial charge in [0, 0.05) is 0 Å². The van der Waals surface area contributed by atoms with Crippen LogP contribution in [0.4, 0.5) is 0 Å². The third kappa shape index (κ3) is 14.7. The van der Waals surface area contributed by atoms with Gasteiger partial charge in [0.05, 0.1) is 19.0 Å². The molecule has 1 rings (SSSR count). The summed E-state index contributed by atoms with van der Waals surface area (Å²) in [6, 6.07) is 8.07. The van der Waals surface area contributed by atoms with Crippen LogP contribution in [-0.2, 0) is 21.3 Å². The van der Waals surface area contributed by atoms with E-state index in [9.17, 15) is 8.42 Å². The van der Waals surface area contributed by atoms with Gasteiger partial charge in [0.2, 0.25) is 0 Å². The van der Waals surface area contributed by atoms with Crippen molar-refractivity contribution in [2.75, 3.05) is 25.6 Å². The van der Waals surface area contributed by atoms with Crippen LogP contribution in [0.15, 0.2) is 24.3 Å². The Morgan fingerprint density at radius 1 is 0.920 bits per heavy atom. The molecule has 0 aliphatic rings. The average molecular weight is 382 g/mol. The topological polar surface area (TPSA) is 72.8 Å². The van der Waals surface area contributed by atoms with E-state index in [1.54, 1.807) is 0 Å². The van der Waals surface area contributed by atoms with Crippen LogP contribution in [0.25, 0.3) is 0 Å². The Balaban J connectivity index is 0.00000576. The minimum atomic E-state index is -3.95. The molecule has 0 aliphatic heterocycles. The molecule has 0 amide bonds. The van der Waals surface area contributed by atoms with E-state index in [0.29, 0.717) is 6.61 Å². The van der Waals surface area contributed by atoms with Crippen LogP contribution in [0.2, 0.25) is 0 Å². The first-order valence-corrected chi connectivity index (χ1v) is 10.4. The predicted molar refractivity (Wildman–Crippen MR) is 103 cm³/mol. The van der Waals surface area contributed by atoms with Crippen molar-refractivity contribution < 1.29 is 22.4 Å². The van der Waals surface area contributed by atoms with Gasteiger partial charge >= 0.3 is 29.6 Å². The van der Waals surface area contributed by atoms with Crippen LogP contribution in [0.1, 0.15) is 51.0 Å². The fourth-order valence-electron chi connectivity index (χ4n) is 2.35. The maximum atomic E-state index is 10.5. The van der Waals surface area contributed by atoms with E-state index in [-0.39, 0.29) is 48.5 Å². The number of unbranched alkanes of at least 4 members (excludes halogenated alkanes) is 5. The Morgan fingerprint density at radius 2 is 1.56 bits per heavy atom. The summed E-state index contributed by atoms with van der Waals surface area (Å²) in [6.07, 6.45) is 8.91. The molecule has 0 bridgehead atoms. The fraction of sp³-hybridized carbons (Fsp3) is 0.667. The van der Waals surface area contributed by atoms with E-state index in [2.05, 4.69) is 19.1 Å². The van der Waals surface area contributed by atoms with Gasteiger partial charge in [0.25, 0.3) is 10.1 Å². The van der Waals surface area contributed by atoms with E-state index in [0.717, 1.165) is 12.2 Å². The van der Waals surface area contributed by atoms with Gasteiger partial charge in [-0.05, 0) is 30.5 Å². The van der Waals surface area contributed by atoms with Crippen LogP contribution in [-0.4, -0.2) is 68.1 Å². The van der Waals surface area contributed by atoms with Crippen LogP contribution >= 0.6 is 0 Å². The molecule has 1 N–H and O–H groups in total. The Bertz CT molecular complexity index is 531. The molecule has 0 spiro atoms. The average Bonchev–Trinajstić information content (AvgIpc) is 2.54. The van der Waals surface area contributed by atoms with Gasteiger partial charge < -0.3 is 9.47 Å². The second-order valence-corrected chi connectivity index (χ2v) is 7.48. The van der Waals surface area contributed by atoms with Crippen LogP contribution < -0.4 is 4.74 Å². The van der Waals surface area contributed by atoms with Crippen molar-refractivity contribution in [3.05, 3.63) is 29.8 Å². The van der Waals surface area contributed by atoms with Crippen LogP contribution in [0.5, 0.6) is 5.75 Å². The summed E-state index contributed by atoms with van der Waals surface area (Å²) < 4.78 is 40.2. The van der Waals surface area contributed by atoms with Crippen molar-refractivity contribution in [2.45, 2.75) is 51.9 Å². The summed E-state index contributed by atoms with van der Waals surface area (Å²) in [7, 11) is -3.95. The van der Waals surface area contributed by atoms with Crippen LogP contribution in [0, 0.1) is 0 Å². The van der Waals surface area contributed by atoms with E-state index in [1.807, 2.05) is 12.1 Å². The quantitative estimate of drug-likeness (QED) is 0.304. The van der Waals surface area contributed by atoms with Gasteiger partial charge in [-0.2, -0.15) is 8.42 Å². The van der Waals surface area contributed by atoms with Gasteiger partial charge in [-0.15, -0.1) is 0 Å². The number of benzene rings is 1. The van der Waals surface area contributed by atoms with Gasteiger partial charge in [-0.1, -0.05) is 51.2 Å². The normalized spacial score (nSPS) is 11.1. The monoisotopic (exact) mass is 382 g/mol. The van der Waals surface area contributed by atoms with E-state index >= 15 is 0 Å². The van der Waals surface area contributed by atoms with Gasteiger partial charge in [-0.3, -0.25) is 4.55 Å². The molecule has 5 nitrogen and oxygen atoms in total. The molecule has 0 atom stereocenters. The number of rotatable bonds is 14. The third-order valence-electron chi connectivity index (χ3n) is 3.72. The maximum absolute atomic E-state index is 10.5. The molecule has 0 saturated heterocycles. The first kappa shape index (κ1) is 24.9. The van der Waals surface area contributed by atoms with Gasteiger partial charge in [0.1, 0.15) is 12.4 Å². The summed E-state index contributed by atoms with van der Waals surface area (Å²) in [5.41, 5.74) is 1.32. The zero-order chi connectivity index (χ0) is 17.7. The number of ether oxygens (including phenoxy) is 2. The number of hydrogen-bond donors (Lipinski definition) is 1. The molecule has 0 radical (unpaired) electrons. The zero-order valence-corrected chi connectivity index (χ0v) is 15.4. The predicted octanol–water partition coefficient (Wildman–Crippen LogP) is 3.22. The van der Waals surface area contributed by atoms with Crippen molar-refractivity contribution in [2.24, 2.45) is 0 Å². The number of hydrogen-bond acceptors (Lipinski definition) is 4. The Kier molecular flexibility index (Phi) is 14.9. The first-order valence-electron chi connectivity index (χ1n) is 8.76. The molecule has 7 heteroatoms. The molecular formula is C18H31NaO5S. The summed E-state index contributed by atoms with van der Waals surface area (Å²) in [5.74, 6) is 0.389. The van der Waals surface area contributed by atoms with Gasteiger partial charge in [-0.25, -0.2) is 0 Å². The fourth-order valence-corrected chi connectivity index (χ4v) is 2.68. The van der Waals surface area contributed by atoms with Crippen molar-refractivity contribution in [1.29, 1.82) is 0 Å². The van der Waals surface area contributed by atoms with E-state index < -0.39 is 10.1 Å². The summed E-state index contributed by atoms with van der Waals surface area (Å²) in [6.45, 7) is 2.84.